The van der Waals surface area contributed by atoms with Crippen LogP contribution in [0.25, 0.3) is 0 Å². The standard InChI is InChI=1S/C16H22N2O2/c1-4-12(2)17-10-16(20)18(11-15(17)19)13(3)14-8-6-5-7-9-14/h5-9,12-13H,4,10-11H2,1-3H3/t12-,13+/m0/s1. The zero-order valence-electron chi connectivity index (χ0n) is 12.4. The van der Waals surface area contributed by atoms with Crippen molar-refractivity contribution in [3.63, 3.8) is 0 Å². The average molecular weight is 274 g/mol. The van der Waals surface area contributed by atoms with Gasteiger partial charge in [-0.15, -0.1) is 0 Å². The van der Waals surface area contributed by atoms with E-state index in [1.807, 2.05) is 51.1 Å². The molecule has 0 aromatic heterocycles. The quantitative estimate of drug-likeness (QED) is 0.844. The van der Waals surface area contributed by atoms with Gasteiger partial charge in [0.1, 0.15) is 13.1 Å². The number of hydrogen-bond donors (Lipinski definition) is 0. The fraction of sp³-hybridized carbons (Fsp3) is 0.500. The molecule has 1 aromatic rings. The van der Waals surface area contributed by atoms with Crippen molar-refractivity contribution in [2.24, 2.45) is 0 Å². The average Bonchev–Trinajstić information content (AvgIpc) is 2.48. The van der Waals surface area contributed by atoms with E-state index in [9.17, 15) is 9.59 Å². The minimum absolute atomic E-state index is 0.0289. The molecule has 2 amide bonds. The Morgan fingerprint density at radius 3 is 2.15 bits per heavy atom. The Bertz CT molecular complexity index is 487. The van der Waals surface area contributed by atoms with E-state index in [1.165, 1.54) is 0 Å². The molecule has 20 heavy (non-hydrogen) atoms. The monoisotopic (exact) mass is 274 g/mol. The van der Waals surface area contributed by atoms with Crippen molar-refractivity contribution in [2.75, 3.05) is 13.1 Å². The summed E-state index contributed by atoms with van der Waals surface area (Å²) in [4.78, 5) is 27.9. The number of nitrogens with zero attached hydrogens (tertiary/aromatic N) is 2. The van der Waals surface area contributed by atoms with Crippen molar-refractivity contribution in [3.8, 4) is 0 Å². The summed E-state index contributed by atoms with van der Waals surface area (Å²) < 4.78 is 0. The largest absolute Gasteiger partial charge is 0.329 e. The summed E-state index contributed by atoms with van der Waals surface area (Å²) in [5.74, 6) is 0.0722. The van der Waals surface area contributed by atoms with E-state index < -0.39 is 0 Å². The third-order valence-electron chi connectivity index (χ3n) is 4.12. The van der Waals surface area contributed by atoms with E-state index in [4.69, 9.17) is 0 Å². The Labute approximate surface area is 120 Å². The van der Waals surface area contributed by atoms with Gasteiger partial charge in [-0.05, 0) is 25.8 Å². The van der Waals surface area contributed by atoms with Crippen LogP contribution < -0.4 is 0 Å². The maximum Gasteiger partial charge on any atom is 0.243 e. The molecule has 1 saturated heterocycles. The zero-order valence-corrected chi connectivity index (χ0v) is 12.4. The number of rotatable bonds is 4. The van der Waals surface area contributed by atoms with Gasteiger partial charge in [-0.2, -0.15) is 0 Å². The lowest BCUT2D eigenvalue weighted by Crippen LogP contribution is -2.56. The first-order valence-electron chi connectivity index (χ1n) is 7.18. The molecule has 2 rings (SSSR count). The van der Waals surface area contributed by atoms with Crippen LogP contribution in [0, 0.1) is 0 Å². The molecule has 4 heteroatoms. The molecule has 1 aromatic carbocycles. The summed E-state index contributed by atoms with van der Waals surface area (Å²) in [6.07, 6.45) is 0.868. The Hall–Kier alpha value is -1.84. The lowest BCUT2D eigenvalue weighted by Gasteiger charge is -2.39. The fourth-order valence-corrected chi connectivity index (χ4v) is 2.54. The van der Waals surface area contributed by atoms with Crippen LogP contribution in [-0.2, 0) is 9.59 Å². The fourth-order valence-electron chi connectivity index (χ4n) is 2.54. The molecule has 1 fully saturated rings. The molecular formula is C16H22N2O2. The second kappa shape index (κ2) is 6.07. The van der Waals surface area contributed by atoms with E-state index in [0.29, 0.717) is 0 Å². The van der Waals surface area contributed by atoms with Gasteiger partial charge < -0.3 is 9.80 Å². The first kappa shape index (κ1) is 14.6. The van der Waals surface area contributed by atoms with Crippen molar-refractivity contribution < 1.29 is 9.59 Å². The van der Waals surface area contributed by atoms with E-state index >= 15 is 0 Å². The summed E-state index contributed by atoms with van der Waals surface area (Å²) in [6.45, 7) is 6.37. The van der Waals surface area contributed by atoms with Crippen LogP contribution >= 0.6 is 0 Å². The predicted molar refractivity (Wildman–Crippen MR) is 78.0 cm³/mol. The molecule has 0 spiro atoms. The Morgan fingerprint density at radius 1 is 1.00 bits per heavy atom. The molecule has 1 heterocycles. The first-order chi connectivity index (χ1) is 9.54. The SMILES string of the molecule is CC[C@H](C)N1CC(=O)N([C@H](C)c2ccccc2)CC1=O. The van der Waals surface area contributed by atoms with E-state index in [0.717, 1.165) is 12.0 Å². The van der Waals surface area contributed by atoms with Crippen LogP contribution in [-0.4, -0.2) is 40.7 Å². The molecule has 0 radical (unpaired) electrons. The second-order valence-electron chi connectivity index (χ2n) is 5.39. The molecule has 0 bridgehead atoms. The highest BCUT2D eigenvalue weighted by Crippen LogP contribution is 2.23. The van der Waals surface area contributed by atoms with Crippen LogP contribution in [0.1, 0.15) is 38.8 Å². The van der Waals surface area contributed by atoms with E-state index in [1.54, 1.807) is 9.80 Å². The highest BCUT2D eigenvalue weighted by atomic mass is 16.2. The topological polar surface area (TPSA) is 40.6 Å². The third-order valence-corrected chi connectivity index (χ3v) is 4.12. The predicted octanol–water partition coefficient (Wildman–Crippen LogP) is 2.22. The van der Waals surface area contributed by atoms with E-state index in [2.05, 4.69) is 0 Å². The molecule has 1 aliphatic rings. The second-order valence-corrected chi connectivity index (χ2v) is 5.39. The summed E-state index contributed by atoms with van der Waals surface area (Å²) in [5, 5.41) is 0. The van der Waals surface area contributed by atoms with Gasteiger partial charge in [0, 0.05) is 6.04 Å². The minimum Gasteiger partial charge on any atom is -0.329 e. The van der Waals surface area contributed by atoms with Crippen molar-refractivity contribution in [2.45, 2.75) is 39.3 Å². The van der Waals surface area contributed by atoms with Gasteiger partial charge in [-0.25, -0.2) is 0 Å². The molecule has 0 unspecified atom stereocenters. The molecule has 0 aliphatic carbocycles. The summed E-state index contributed by atoms with van der Waals surface area (Å²) in [6, 6.07) is 9.89. The number of amides is 2. The third kappa shape index (κ3) is 2.84. The Balaban J connectivity index is 2.12. The van der Waals surface area contributed by atoms with Gasteiger partial charge in [0.15, 0.2) is 0 Å². The molecule has 1 aliphatic heterocycles. The molecule has 0 N–H and O–H groups in total. The van der Waals surface area contributed by atoms with Crippen LogP contribution in [0.15, 0.2) is 30.3 Å². The highest BCUT2D eigenvalue weighted by Gasteiger charge is 2.34. The summed E-state index contributed by atoms with van der Waals surface area (Å²) in [7, 11) is 0. The lowest BCUT2D eigenvalue weighted by atomic mass is 10.1. The van der Waals surface area contributed by atoms with Gasteiger partial charge in [-0.3, -0.25) is 9.59 Å². The number of benzene rings is 1. The number of hydrogen-bond acceptors (Lipinski definition) is 2. The molecule has 0 saturated carbocycles. The summed E-state index contributed by atoms with van der Waals surface area (Å²) >= 11 is 0. The number of carbonyl (C=O) groups excluding carboxylic acids is 2. The Kier molecular flexibility index (Phi) is 4.42. The van der Waals surface area contributed by atoms with Crippen molar-refractivity contribution in [1.29, 1.82) is 0 Å². The molecule has 2 atom stereocenters. The molecular weight excluding hydrogens is 252 g/mol. The van der Waals surface area contributed by atoms with Crippen LogP contribution in [0.2, 0.25) is 0 Å². The van der Waals surface area contributed by atoms with Crippen molar-refractivity contribution in [1.82, 2.24) is 9.80 Å². The minimum atomic E-state index is -0.0632. The van der Waals surface area contributed by atoms with Crippen molar-refractivity contribution >= 4 is 11.8 Å². The van der Waals surface area contributed by atoms with Gasteiger partial charge >= 0.3 is 0 Å². The lowest BCUT2D eigenvalue weighted by molar-refractivity contribution is -0.154. The highest BCUT2D eigenvalue weighted by molar-refractivity contribution is 5.93. The Morgan fingerprint density at radius 2 is 1.55 bits per heavy atom. The molecule has 108 valence electrons. The van der Waals surface area contributed by atoms with Crippen LogP contribution in [0.3, 0.4) is 0 Å². The smallest absolute Gasteiger partial charge is 0.243 e. The van der Waals surface area contributed by atoms with Crippen LogP contribution in [0.5, 0.6) is 0 Å². The van der Waals surface area contributed by atoms with Gasteiger partial charge in [0.05, 0.1) is 6.04 Å². The number of piperazine rings is 1. The first-order valence-corrected chi connectivity index (χ1v) is 7.18. The molecule has 4 nitrogen and oxygen atoms in total. The maximum absolute atomic E-state index is 12.3. The van der Waals surface area contributed by atoms with Crippen molar-refractivity contribution in [3.05, 3.63) is 35.9 Å². The zero-order chi connectivity index (χ0) is 14.7. The van der Waals surface area contributed by atoms with E-state index in [-0.39, 0.29) is 37.0 Å². The maximum atomic E-state index is 12.3. The van der Waals surface area contributed by atoms with Gasteiger partial charge in [-0.1, -0.05) is 37.3 Å². The van der Waals surface area contributed by atoms with Gasteiger partial charge in [0.2, 0.25) is 11.8 Å². The van der Waals surface area contributed by atoms with Crippen LogP contribution in [0.4, 0.5) is 0 Å². The van der Waals surface area contributed by atoms with Gasteiger partial charge in [0.25, 0.3) is 0 Å². The number of carbonyl (C=O) groups is 2. The summed E-state index contributed by atoms with van der Waals surface area (Å²) in [5.41, 5.74) is 1.06. The normalized spacial score (nSPS) is 19.1.